The van der Waals surface area contributed by atoms with Crippen molar-refractivity contribution in [2.75, 3.05) is 0 Å². The van der Waals surface area contributed by atoms with Gasteiger partial charge in [0.1, 0.15) is 0 Å². The van der Waals surface area contributed by atoms with E-state index in [1.165, 1.54) is 42.4 Å². The molecule has 1 fully saturated rings. The molecule has 20 heavy (non-hydrogen) atoms. The van der Waals surface area contributed by atoms with E-state index >= 15 is 0 Å². The van der Waals surface area contributed by atoms with Gasteiger partial charge in [0.15, 0.2) is 0 Å². The minimum absolute atomic E-state index is 0.469. The fraction of sp³-hybridized carbons (Fsp3) is 0.667. The van der Waals surface area contributed by atoms with Crippen molar-refractivity contribution < 1.29 is 4.74 Å². The Kier molecular flexibility index (Phi) is 4.37. The van der Waals surface area contributed by atoms with Gasteiger partial charge in [-0.05, 0) is 73.6 Å². The lowest BCUT2D eigenvalue weighted by molar-refractivity contribution is 0.349. The van der Waals surface area contributed by atoms with Crippen LogP contribution in [-0.4, -0.2) is 12.2 Å². The maximum absolute atomic E-state index is 6.57. The first kappa shape index (κ1) is 14.4. The topological polar surface area (TPSA) is 12.5 Å². The molecular formula is C18H25ClO. The van der Waals surface area contributed by atoms with Gasteiger partial charge >= 0.3 is 0 Å². The lowest BCUT2D eigenvalue weighted by Crippen LogP contribution is -2.08. The Labute approximate surface area is 127 Å². The van der Waals surface area contributed by atoms with E-state index in [1.807, 2.05) is 0 Å². The molecule has 1 saturated heterocycles. The third-order valence-corrected chi connectivity index (χ3v) is 5.33. The van der Waals surface area contributed by atoms with Crippen LogP contribution < -0.4 is 0 Å². The van der Waals surface area contributed by atoms with Gasteiger partial charge in [-0.1, -0.05) is 31.5 Å². The van der Waals surface area contributed by atoms with Gasteiger partial charge in [0, 0.05) is 5.02 Å². The van der Waals surface area contributed by atoms with Gasteiger partial charge in [-0.15, -0.1) is 0 Å². The second-order valence-electron chi connectivity index (χ2n) is 6.31. The zero-order valence-electron chi connectivity index (χ0n) is 12.6. The number of epoxide rings is 1. The molecule has 0 amide bonds. The lowest BCUT2D eigenvalue weighted by atomic mass is 9.85. The summed E-state index contributed by atoms with van der Waals surface area (Å²) < 4.78 is 5.73. The quantitative estimate of drug-likeness (QED) is 0.673. The summed E-state index contributed by atoms with van der Waals surface area (Å²) in [6.07, 6.45) is 9.46. The summed E-state index contributed by atoms with van der Waals surface area (Å²) in [5.74, 6) is 0.552. The fourth-order valence-corrected chi connectivity index (χ4v) is 3.97. The van der Waals surface area contributed by atoms with E-state index < -0.39 is 0 Å². The Balaban J connectivity index is 1.80. The molecule has 3 atom stereocenters. The third kappa shape index (κ3) is 2.89. The number of aryl methyl sites for hydroxylation is 2. The largest absolute Gasteiger partial charge is 0.370 e. The highest BCUT2D eigenvalue weighted by Gasteiger charge is 2.38. The highest BCUT2D eigenvalue weighted by molar-refractivity contribution is 6.31. The maximum Gasteiger partial charge on any atom is 0.0847 e. The summed E-state index contributed by atoms with van der Waals surface area (Å²) in [4.78, 5) is 0. The monoisotopic (exact) mass is 292 g/mol. The molecule has 2 heteroatoms. The molecule has 2 aliphatic rings. The zero-order valence-corrected chi connectivity index (χ0v) is 13.4. The molecule has 0 radical (unpaired) electrons. The zero-order chi connectivity index (χ0) is 14.1. The van der Waals surface area contributed by atoms with Crippen LogP contribution in [0.4, 0.5) is 0 Å². The second kappa shape index (κ2) is 6.07. The van der Waals surface area contributed by atoms with Crippen molar-refractivity contribution in [2.45, 2.75) is 76.9 Å². The molecule has 0 N–H and O–H groups in total. The number of fused-ring (bicyclic) bond motifs is 1. The van der Waals surface area contributed by atoms with E-state index in [4.69, 9.17) is 16.3 Å². The second-order valence-corrected chi connectivity index (χ2v) is 6.72. The van der Waals surface area contributed by atoms with Gasteiger partial charge in [-0.25, -0.2) is 0 Å². The molecule has 3 rings (SSSR count). The maximum atomic E-state index is 6.57. The summed E-state index contributed by atoms with van der Waals surface area (Å²) in [5.41, 5.74) is 4.38. The predicted molar refractivity (Wildman–Crippen MR) is 84.7 cm³/mol. The Bertz CT molecular complexity index is 483. The van der Waals surface area contributed by atoms with Crippen LogP contribution in [0.3, 0.4) is 0 Å². The first-order valence-electron chi connectivity index (χ1n) is 8.19. The van der Waals surface area contributed by atoms with Crippen LogP contribution in [0, 0.1) is 0 Å². The lowest BCUT2D eigenvalue weighted by Gasteiger charge is -2.22. The summed E-state index contributed by atoms with van der Waals surface area (Å²) in [7, 11) is 0. The molecule has 1 nitrogen and oxygen atoms in total. The molecule has 1 aromatic rings. The standard InChI is InChI=1S/C18H25ClO/c1-3-12(11-18-17(4-2)20-18)15-9-13-7-5-6-8-14(13)10-16(15)19/h9-10,12,17-18H,3-8,11H2,1-2H3. The summed E-state index contributed by atoms with van der Waals surface area (Å²) in [6.45, 7) is 4.47. The van der Waals surface area contributed by atoms with E-state index in [2.05, 4.69) is 26.0 Å². The van der Waals surface area contributed by atoms with E-state index in [1.54, 1.807) is 0 Å². The van der Waals surface area contributed by atoms with Crippen LogP contribution in [0.5, 0.6) is 0 Å². The van der Waals surface area contributed by atoms with Crippen LogP contribution in [0.25, 0.3) is 0 Å². The fourth-order valence-electron chi connectivity index (χ4n) is 3.63. The SMILES string of the molecule is CCC(CC1OC1CC)c1cc2c(cc1Cl)CCCC2. The van der Waals surface area contributed by atoms with Gasteiger partial charge in [0.2, 0.25) is 0 Å². The highest BCUT2D eigenvalue weighted by atomic mass is 35.5. The van der Waals surface area contributed by atoms with Crippen molar-refractivity contribution in [3.8, 4) is 0 Å². The minimum Gasteiger partial charge on any atom is -0.370 e. The number of benzene rings is 1. The van der Waals surface area contributed by atoms with Crippen LogP contribution in [0.2, 0.25) is 5.02 Å². The van der Waals surface area contributed by atoms with Crippen LogP contribution in [0.15, 0.2) is 12.1 Å². The van der Waals surface area contributed by atoms with Gasteiger partial charge < -0.3 is 4.74 Å². The number of hydrogen-bond acceptors (Lipinski definition) is 1. The molecule has 0 aromatic heterocycles. The smallest absolute Gasteiger partial charge is 0.0847 e. The van der Waals surface area contributed by atoms with Crippen LogP contribution >= 0.6 is 11.6 Å². The first-order chi connectivity index (χ1) is 9.72. The number of ether oxygens (including phenoxy) is 1. The van der Waals surface area contributed by atoms with Crippen molar-refractivity contribution >= 4 is 11.6 Å². The highest BCUT2D eigenvalue weighted by Crippen LogP contribution is 2.40. The van der Waals surface area contributed by atoms with Gasteiger partial charge in [0.25, 0.3) is 0 Å². The molecule has 3 unspecified atom stereocenters. The van der Waals surface area contributed by atoms with Crippen LogP contribution in [-0.2, 0) is 17.6 Å². The normalized spacial score (nSPS) is 26.1. The van der Waals surface area contributed by atoms with Crippen molar-refractivity contribution in [1.29, 1.82) is 0 Å². The molecule has 1 aromatic carbocycles. The molecule has 1 aliphatic carbocycles. The van der Waals surface area contributed by atoms with E-state index in [9.17, 15) is 0 Å². The Morgan fingerprint density at radius 3 is 2.45 bits per heavy atom. The Morgan fingerprint density at radius 1 is 1.15 bits per heavy atom. The molecule has 1 aliphatic heterocycles. The molecular weight excluding hydrogens is 268 g/mol. The van der Waals surface area contributed by atoms with E-state index in [0.29, 0.717) is 18.1 Å². The summed E-state index contributed by atoms with van der Waals surface area (Å²) in [6, 6.07) is 4.63. The molecule has 1 heterocycles. The average Bonchev–Trinajstić information content (AvgIpc) is 3.22. The summed E-state index contributed by atoms with van der Waals surface area (Å²) in [5, 5.41) is 0.978. The average molecular weight is 293 g/mol. The predicted octanol–water partition coefficient (Wildman–Crippen LogP) is 5.28. The van der Waals surface area contributed by atoms with Crippen molar-refractivity contribution in [3.63, 3.8) is 0 Å². The van der Waals surface area contributed by atoms with Gasteiger partial charge in [0.05, 0.1) is 12.2 Å². The van der Waals surface area contributed by atoms with Crippen molar-refractivity contribution in [2.24, 2.45) is 0 Å². The number of hydrogen-bond donors (Lipinski definition) is 0. The number of rotatable bonds is 5. The third-order valence-electron chi connectivity index (χ3n) is 5.00. The van der Waals surface area contributed by atoms with Crippen molar-refractivity contribution in [1.82, 2.24) is 0 Å². The van der Waals surface area contributed by atoms with E-state index in [0.717, 1.165) is 24.3 Å². The van der Waals surface area contributed by atoms with Gasteiger partial charge in [-0.2, -0.15) is 0 Å². The van der Waals surface area contributed by atoms with Gasteiger partial charge in [-0.3, -0.25) is 0 Å². The Morgan fingerprint density at radius 2 is 1.85 bits per heavy atom. The molecule has 0 bridgehead atoms. The minimum atomic E-state index is 0.469. The van der Waals surface area contributed by atoms with Crippen LogP contribution in [0.1, 0.15) is 68.6 Å². The van der Waals surface area contributed by atoms with Crippen molar-refractivity contribution in [3.05, 3.63) is 33.8 Å². The molecule has 0 spiro atoms. The molecule has 0 saturated carbocycles. The number of halogens is 1. The Hall–Kier alpha value is -0.530. The molecule has 110 valence electrons. The first-order valence-corrected chi connectivity index (χ1v) is 8.57. The summed E-state index contributed by atoms with van der Waals surface area (Å²) >= 11 is 6.57. The van der Waals surface area contributed by atoms with E-state index in [-0.39, 0.29) is 0 Å².